The van der Waals surface area contributed by atoms with Gasteiger partial charge in [0.2, 0.25) is 0 Å². The van der Waals surface area contributed by atoms with Crippen LogP contribution in [0.4, 0.5) is 5.82 Å². The van der Waals surface area contributed by atoms with Crippen molar-refractivity contribution in [3.8, 4) is 0 Å². The minimum absolute atomic E-state index is 0.687. The maximum Gasteiger partial charge on any atom is 0.132 e. The quantitative estimate of drug-likeness (QED) is 0.854. The van der Waals surface area contributed by atoms with Gasteiger partial charge >= 0.3 is 0 Å². The molecule has 1 saturated heterocycles. The van der Waals surface area contributed by atoms with Crippen LogP contribution in [0.5, 0.6) is 0 Å². The van der Waals surface area contributed by atoms with Crippen LogP contribution < -0.4 is 4.90 Å². The maximum atomic E-state index is 4.47. The molecule has 1 aliphatic carbocycles. The smallest absolute Gasteiger partial charge is 0.132 e. The molecule has 0 atom stereocenters. The third kappa shape index (κ3) is 2.83. The van der Waals surface area contributed by atoms with Gasteiger partial charge in [-0.2, -0.15) is 0 Å². The molecule has 1 aliphatic heterocycles. The first-order chi connectivity index (χ1) is 10.8. The van der Waals surface area contributed by atoms with Gasteiger partial charge in [0.05, 0.1) is 6.54 Å². The van der Waals surface area contributed by atoms with E-state index in [1.54, 1.807) is 6.33 Å². The van der Waals surface area contributed by atoms with Crippen molar-refractivity contribution in [2.45, 2.75) is 25.3 Å². The van der Waals surface area contributed by atoms with Crippen molar-refractivity contribution in [1.29, 1.82) is 0 Å². The van der Waals surface area contributed by atoms with E-state index in [1.807, 2.05) is 12.4 Å². The zero-order chi connectivity index (χ0) is 14.9. The number of piperazine rings is 1. The van der Waals surface area contributed by atoms with Crippen molar-refractivity contribution in [2.24, 2.45) is 7.05 Å². The standard InChI is InChI=1S/C16H22N6/c1-20-5-4-17-16(20)11-21-6-8-22(9-7-21)15-10-14(13-2-3-13)18-12-19-15/h4-5,10,12-13H,2-3,6-9,11H2,1H3. The highest BCUT2D eigenvalue weighted by molar-refractivity contribution is 5.41. The summed E-state index contributed by atoms with van der Waals surface area (Å²) in [4.78, 5) is 18.1. The van der Waals surface area contributed by atoms with E-state index in [9.17, 15) is 0 Å². The van der Waals surface area contributed by atoms with Crippen LogP contribution in [0, 0.1) is 0 Å². The van der Waals surface area contributed by atoms with Crippen LogP contribution in [-0.2, 0) is 13.6 Å². The molecule has 0 radical (unpaired) electrons. The Morgan fingerprint density at radius 1 is 1.09 bits per heavy atom. The first kappa shape index (κ1) is 13.7. The Kier molecular flexibility index (Phi) is 3.54. The van der Waals surface area contributed by atoms with Gasteiger partial charge in [-0.3, -0.25) is 4.90 Å². The predicted octanol–water partition coefficient (Wildman–Crippen LogP) is 1.41. The molecule has 2 aliphatic rings. The van der Waals surface area contributed by atoms with Crippen LogP contribution in [0.25, 0.3) is 0 Å². The lowest BCUT2D eigenvalue weighted by atomic mass is 10.2. The van der Waals surface area contributed by atoms with E-state index in [1.165, 1.54) is 18.5 Å². The van der Waals surface area contributed by atoms with E-state index >= 15 is 0 Å². The Balaban J connectivity index is 1.37. The topological polar surface area (TPSA) is 50.1 Å². The molecule has 0 spiro atoms. The van der Waals surface area contributed by atoms with E-state index in [4.69, 9.17) is 0 Å². The van der Waals surface area contributed by atoms with Gasteiger partial charge in [0.15, 0.2) is 0 Å². The summed E-state index contributed by atoms with van der Waals surface area (Å²) in [5.41, 5.74) is 1.22. The minimum Gasteiger partial charge on any atom is -0.354 e. The lowest BCUT2D eigenvalue weighted by Gasteiger charge is -2.35. The normalized spacial score (nSPS) is 19.6. The molecule has 2 aromatic rings. The second-order valence-corrected chi connectivity index (χ2v) is 6.29. The number of aromatic nitrogens is 4. The van der Waals surface area contributed by atoms with Crippen molar-refractivity contribution < 1.29 is 0 Å². The maximum absolute atomic E-state index is 4.47. The van der Waals surface area contributed by atoms with E-state index in [-0.39, 0.29) is 0 Å². The summed E-state index contributed by atoms with van der Waals surface area (Å²) in [5.74, 6) is 2.91. The van der Waals surface area contributed by atoms with Crippen molar-refractivity contribution in [3.05, 3.63) is 36.3 Å². The summed E-state index contributed by atoms with van der Waals surface area (Å²) in [7, 11) is 2.05. The monoisotopic (exact) mass is 298 g/mol. The molecule has 6 heteroatoms. The summed E-state index contributed by atoms with van der Waals surface area (Å²) in [6, 6.07) is 2.19. The average molecular weight is 298 g/mol. The van der Waals surface area contributed by atoms with Crippen LogP contribution in [0.3, 0.4) is 0 Å². The van der Waals surface area contributed by atoms with Crippen LogP contribution in [0.1, 0.15) is 30.3 Å². The number of hydrogen-bond acceptors (Lipinski definition) is 5. The summed E-state index contributed by atoms with van der Waals surface area (Å²) in [6.45, 7) is 5.07. The number of anilines is 1. The zero-order valence-electron chi connectivity index (χ0n) is 13.0. The Labute approximate surface area is 130 Å². The summed E-state index contributed by atoms with van der Waals surface area (Å²) in [5, 5.41) is 0. The lowest BCUT2D eigenvalue weighted by molar-refractivity contribution is 0.241. The van der Waals surface area contributed by atoms with Gasteiger partial charge in [-0.05, 0) is 12.8 Å². The number of aryl methyl sites for hydroxylation is 1. The third-order valence-corrected chi connectivity index (χ3v) is 4.65. The van der Waals surface area contributed by atoms with Gasteiger partial charge in [-0.25, -0.2) is 15.0 Å². The molecule has 22 heavy (non-hydrogen) atoms. The summed E-state index contributed by atoms with van der Waals surface area (Å²) >= 11 is 0. The van der Waals surface area contributed by atoms with Crippen molar-refractivity contribution >= 4 is 5.82 Å². The van der Waals surface area contributed by atoms with E-state index in [2.05, 4.69) is 42.4 Å². The minimum atomic E-state index is 0.687. The highest BCUT2D eigenvalue weighted by atomic mass is 15.3. The number of rotatable bonds is 4. The molecule has 6 nitrogen and oxygen atoms in total. The van der Waals surface area contributed by atoms with Crippen LogP contribution in [0.15, 0.2) is 24.8 Å². The van der Waals surface area contributed by atoms with Gasteiger partial charge < -0.3 is 9.47 Å². The Morgan fingerprint density at radius 2 is 1.91 bits per heavy atom. The molecule has 0 bridgehead atoms. The van der Waals surface area contributed by atoms with Gasteiger partial charge in [0, 0.05) is 63.3 Å². The second kappa shape index (κ2) is 5.68. The van der Waals surface area contributed by atoms with E-state index in [0.717, 1.165) is 44.4 Å². The van der Waals surface area contributed by atoms with Gasteiger partial charge in [0.25, 0.3) is 0 Å². The molecule has 4 rings (SSSR count). The molecule has 0 amide bonds. The Bertz CT molecular complexity index is 640. The highest BCUT2D eigenvalue weighted by Crippen LogP contribution is 2.39. The number of imidazole rings is 1. The fourth-order valence-electron chi connectivity index (χ4n) is 3.02. The largest absolute Gasteiger partial charge is 0.354 e. The third-order valence-electron chi connectivity index (χ3n) is 4.65. The van der Waals surface area contributed by atoms with E-state index in [0.29, 0.717) is 5.92 Å². The second-order valence-electron chi connectivity index (χ2n) is 6.29. The number of nitrogens with zero attached hydrogens (tertiary/aromatic N) is 6. The fourth-order valence-corrected chi connectivity index (χ4v) is 3.02. The summed E-state index contributed by atoms with van der Waals surface area (Å²) < 4.78 is 2.10. The Hall–Kier alpha value is -1.95. The SMILES string of the molecule is Cn1ccnc1CN1CCN(c2cc(C3CC3)ncn2)CC1. The molecular weight excluding hydrogens is 276 g/mol. The summed E-state index contributed by atoms with van der Waals surface area (Å²) in [6.07, 6.45) is 8.17. The highest BCUT2D eigenvalue weighted by Gasteiger charge is 2.26. The number of hydrogen-bond donors (Lipinski definition) is 0. The van der Waals surface area contributed by atoms with Crippen LogP contribution >= 0.6 is 0 Å². The van der Waals surface area contributed by atoms with E-state index < -0.39 is 0 Å². The molecule has 0 unspecified atom stereocenters. The molecule has 0 aromatic carbocycles. The van der Waals surface area contributed by atoms with Crippen molar-refractivity contribution in [3.63, 3.8) is 0 Å². The first-order valence-corrected chi connectivity index (χ1v) is 8.05. The van der Waals surface area contributed by atoms with Crippen LogP contribution in [-0.4, -0.2) is 50.6 Å². The Morgan fingerprint density at radius 3 is 2.59 bits per heavy atom. The molecule has 2 fully saturated rings. The van der Waals surface area contributed by atoms with Gasteiger partial charge in [0.1, 0.15) is 18.0 Å². The molecule has 116 valence electrons. The predicted molar refractivity (Wildman–Crippen MR) is 84.7 cm³/mol. The lowest BCUT2D eigenvalue weighted by Crippen LogP contribution is -2.46. The van der Waals surface area contributed by atoms with Gasteiger partial charge in [-0.15, -0.1) is 0 Å². The average Bonchev–Trinajstić information content (AvgIpc) is 3.33. The molecular formula is C16H22N6. The molecule has 3 heterocycles. The van der Waals surface area contributed by atoms with Crippen molar-refractivity contribution in [2.75, 3.05) is 31.1 Å². The molecule has 2 aromatic heterocycles. The van der Waals surface area contributed by atoms with Gasteiger partial charge in [-0.1, -0.05) is 0 Å². The zero-order valence-corrected chi connectivity index (χ0v) is 13.0. The molecule has 0 N–H and O–H groups in total. The fraction of sp³-hybridized carbons (Fsp3) is 0.562. The first-order valence-electron chi connectivity index (χ1n) is 8.05. The molecule has 1 saturated carbocycles. The van der Waals surface area contributed by atoms with Crippen molar-refractivity contribution in [1.82, 2.24) is 24.4 Å². The van der Waals surface area contributed by atoms with Crippen LogP contribution in [0.2, 0.25) is 0 Å².